The van der Waals surface area contributed by atoms with Gasteiger partial charge >= 0.3 is 0 Å². The number of aromatic nitrogens is 3. The van der Waals surface area contributed by atoms with Crippen LogP contribution in [0.2, 0.25) is 0 Å². The van der Waals surface area contributed by atoms with E-state index in [1.165, 1.54) is 0 Å². The smallest absolute Gasteiger partial charge is 0.107 e. The highest BCUT2D eigenvalue weighted by molar-refractivity contribution is 5.55. The first-order valence-corrected chi connectivity index (χ1v) is 5.21. The SMILES string of the molecule is CCCn1cnc(-c2cc(C#N)ccn2)c1. The largest absolute Gasteiger partial charge is 0.337 e. The van der Waals surface area contributed by atoms with Gasteiger partial charge in [0.2, 0.25) is 0 Å². The zero-order valence-corrected chi connectivity index (χ0v) is 9.09. The van der Waals surface area contributed by atoms with Crippen LogP contribution in [-0.4, -0.2) is 14.5 Å². The summed E-state index contributed by atoms with van der Waals surface area (Å²) in [7, 11) is 0. The normalized spacial score (nSPS) is 10.0. The van der Waals surface area contributed by atoms with E-state index in [0.29, 0.717) is 5.56 Å². The molecule has 2 aromatic heterocycles. The molecule has 4 heteroatoms. The summed E-state index contributed by atoms with van der Waals surface area (Å²) in [4.78, 5) is 8.48. The van der Waals surface area contributed by atoms with Gasteiger partial charge in [-0.05, 0) is 18.6 Å². The second-order valence-electron chi connectivity index (χ2n) is 3.54. The Kier molecular flexibility index (Phi) is 2.97. The summed E-state index contributed by atoms with van der Waals surface area (Å²) in [5.74, 6) is 0. The van der Waals surface area contributed by atoms with Gasteiger partial charge in [0.1, 0.15) is 5.69 Å². The third-order valence-electron chi connectivity index (χ3n) is 2.27. The van der Waals surface area contributed by atoms with Gasteiger partial charge in [0.15, 0.2) is 0 Å². The van der Waals surface area contributed by atoms with Crippen LogP contribution in [0.3, 0.4) is 0 Å². The molecule has 0 aromatic carbocycles. The second kappa shape index (κ2) is 4.58. The van der Waals surface area contributed by atoms with Gasteiger partial charge in [-0.3, -0.25) is 4.98 Å². The maximum absolute atomic E-state index is 8.79. The standard InChI is InChI=1S/C12H12N4/c1-2-5-16-8-12(15-9-16)11-6-10(7-13)3-4-14-11/h3-4,6,8-9H,2,5H2,1H3. The van der Waals surface area contributed by atoms with Crippen molar-refractivity contribution in [3.05, 3.63) is 36.4 Å². The maximum Gasteiger partial charge on any atom is 0.107 e. The molecule has 0 amide bonds. The monoisotopic (exact) mass is 212 g/mol. The quantitative estimate of drug-likeness (QED) is 0.783. The molecule has 2 heterocycles. The molecule has 0 aliphatic carbocycles. The van der Waals surface area contributed by atoms with Crippen LogP contribution in [0.15, 0.2) is 30.9 Å². The van der Waals surface area contributed by atoms with Crippen LogP contribution in [0.1, 0.15) is 18.9 Å². The number of pyridine rings is 1. The summed E-state index contributed by atoms with van der Waals surface area (Å²) >= 11 is 0. The Balaban J connectivity index is 2.32. The van der Waals surface area contributed by atoms with Gasteiger partial charge in [-0.2, -0.15) is 5.26 Å². The van der Waals surface area contributed by atoms with Gasteiger partial charge in [-0.15, -0.1) is 0 Å². The lowest BCUT2D eigenvalue weighted by atomic mass is 10.2. The number of hydrogen-bond acceptors (Lipinski definition) is 3. The van der Waals surface area contributed by atoms with E-state index in [1.54, 1.807) is 24.7 Å². The van der Waals surface area contributed by atoms with Gasteiger partial charge in [0, 0.05) is 18.9 Å². The number of aryl methyl sites for hydroxylation is 1. The Labute approximate surface area is 94.2 Å². The first-order valence-electron chi connectivity index (χ1n) is 5.21. The van der Waals surface area contributed by atoms with Crippen LogP contribution >= 0.6 is 0 Å². The van der Waals surface area contributed by atoms with Gasteiger partial charge < -0.3 is 4.57 Å². The fourth-order valence-corrected chi connectivity index (χ4v) is 1.51. The zero-order chi connectivity index (χ0) is 11.4. The van der Waals surface area contributed by atoms with E-state index in [0.717, 1.165) is 24.4 Å². The number of nitrogens with zero attached hydrogens (tertiary/aromatic N) is 4. The lowest BCUT2D eigenvalue weighted by molar-refractivity contribution is 0.678. The third kappa shape index (κ3) is 2.09. The van der Waals surface area contributed by atoms with Crippen LogP contribution in [0.5, 0.6) is 0 Å². The Bertz CT molecular complexity index is 522. The summed E-state index contributed by atoms with van der Waals surface area (Å²) < 4.78 is 2.02. The lowest BCUT2D eigenvalue weighted by Crippen LogP contribution is -1.91. The van der Waals surface area contributed by atoms with Crippen LogP contribution in [0.25, 0.3) is 11.4 Å². The van der Waals surface area contributed by atoms with Crippen molar-refractivity contribution in [3.8, 4) is 17.5 Å². The first-order chi connectivity index (χ1) is 7.83. The van der Waals surface area contributed by atoms with Gasteiger partial charge in [-0.25, -0.2) is 4.98 Å². The van der Waals surface area contributed by atoms with Crippen molar-refractivity contribution in [1.29, 1.82) is 5.26 Å². The average Bonchev–Trinajstić information content (AvgIpc) is 2.78. The van der Waals surface area contributed by atoms with E-state index >= 15 is 0 Å². The molecule has 0 aliphatic rings. The number of imidazole rings is 1. The molecule has 0 aliphatic heterocycles. The average molecular weight is 212 g/mol. The Hall–Kier alpha value is -2.15. The highest BCUT2D eigenvalue weighted by Gasteiger charge is 2.04. The summed E-state index contributed by atoms with van der Waals surface area (Å²) in [6, 6.07) is 5.53. The number of rotatable bonds is 3. The van der Waals surface area contributed by atoms with Crippen molar-refractivity contribution in [1.82, 2.24) is 14.5 Å². The van der Waals surface area contributed by atoms with Crippen molar-refractivity contribution >= 4 is 0 Å². The molecule has 0 saturated carbocycles. The minimum Gasteiger partial charge on any atom is -0.337 e. The molecule has 2 rings (SSSR count). The molecule has 0 radical (unpaired) electrons. The second-order valence-corrected chi connectivity index (χ2v) is 3.54. The highest BCUT2D eigenvalue weighted by atomic mass is 15.0. The summed E-state index contributed by atoms with van der Waals surface area (Å²) in [5, 5.41) is 8.79. The fourth-order valence-electron chi connectivity index (χ4n) is 1.51. The van der Waals surface area contributed by atoms with E-state index < -0.39 is 0 Å². The summed E-state index contributed by atoms with van der Waals surface area (Å²) in [5.41, 5.74) is 2.16. The maximum atomic E-state index is 8.79. The van der Waals surface area contributed by atoms with Crippen molar-refractivity contribution in [3.63, 3.8) is 0 Å². The Morgan fingerprint density at radius 3 is 3.00 bits per heavy atom. The molecule has 0 unspecified atom stereocenters. The van der Waals surface area contributed by atoms with Gasteiger partial charge in [0.05, 0.1) is 23.7 Å². The van der Waals surface area contributed by atoms with Gasteiger partial charge in [-0.1, -0.05) is 6.92 Å². The van der Waals surface area contributed by atoms with Crippen molar-refractivity contribution in [2.24, 2.45) is 0 Å². The van der Waals surface area contributed by atoms with E-state index in [1.807, 2.05) is 10.8 Å². The molecule has 0 atom stereocenters. The summed E-state index contributed by atoms with van der Waals surface area (Å²) in [6.45, 7) is 3.07. The minimum atomic E-state index is 0.607. The van der Waals surface area contributed by atoms with Crippen LogP contribution in [0.4, 0.5) is 0 Å². The molecule has 0 N–H and O–H groups in total. The van der Waals surface area contributed by atoms with E-state index in [4.69, 9.17) is 5.26 Å². The van der Waals surface area contributed by atoms with Crippen molar-refractivity contribution in [2.75, 3.05) is 0 Å². The fraction of sp³-hybridized carbons (Fsp3) is 0.250. The molecule has 0 fully saturated rings. The predicted octanol–water partition coefficient (Wildman–Crippen LogP) is 2.23. The number of nitriles is 1. The number of hydrogen-bond donors (Lipinski definition) is 0. The molecule has 80 valence electrons. The molecule has 0 bridgehead atoms. The van der Waals surface area contributed by atoms with Crippen molar-refractivity contribution in [2.45, 2.75) is 19.9 Å². The molecule has 0 spiro atoms. The molecule has 4 nitrogen and oxygen atoms in total. The highest BCUT2D eigenvalue weighted by Crippen LogP contribution is 2.15. The molecular formula is C12H12N4. The van der Waals surface area contributed by atoms with Crippen molar-refractivity contribution < 1.29 is 0 Å². The predicted molar refractivity (Wildman–Crippen MR) is 60.5 cm³/mol. The molecular weight excluding hydrogens is 200 g/mol. The lowest BCUT2D eigenvalue weighted by Gasteiger charge is -1.97. The molecule has 16 heavy (non-hydrogen) atoms. The van der Waals surface area contributed by atoms with Gasteiger partial charge in [0.25, 0.3) is 0 Å². The molecule has 0 saturated heterocycles. The van der Waals surface area contributed by atoms with Crippen LogP contribution in [0, 0.1) is 11.3 Å². The van der Waals surface area contributed by atoms with Crippen LogP contribution in [-0.2, 0) is 6.54 Å². The summed E-state index contributed by atoms with van der Waals surface area (Å²) in [6.07, 6.45) is 6.45. The van der Waals surface area contributed by atoms with E-state index in [9.17, 15) is 0 Å². The minimum absolute atomic E-state index is 0.607. The Morgan fingerprint density at radius 1 is 1.38 bits per heavy atom. The first kappa shape index (κ1) is 10.4. The Morgan fingerprint density at radius 2 is 2.25 bits per heavy atom. The third-order valence-corrected chi connectivity index (χ3v) is 2.27. The van der Waals surface area contributed by atoms with Crippen LogP contribution < -0.4 is 0 Å². The zero-order valence-electron chi connectivity index (χ0n) is 9.09. The van der Waals surface area contributed by atoms with E-state index in [2.05, 4.69) is 23.0 Å². The molecule has 2 aromatic rings. The van der Waals surface area contributed by atoms with E-state index in [-0.39, 0.29) is 0 Å². The topological polar surface area (TPSA) is 54.5 Å².